The fourth-order valence-corrected chi connectivity index (χ4v) is 3.70. The molecule has 0 saturated carbocycles. The van der Waals surface area contributed by atoms with E-state index in [9.17, 15) is 4.79 Å². The zero-order valence-electron chi connectivity index (χ0n) is 18.4. The van der Waals surface area contributed by atoms with Gasteiger partial charge >= 0.3 is 0 Å². The quantitative estimate of drug-likeness (QED) is 0.439. The number of thioether (sulfide) groups is 1. The standard InChI is InChI=1S/C23H27N3O5S/c1-4-30-18-8-6-5-7-17(18)23-25-22(31-26-23)15-32-14-21(27)24-12-11-16-9-10-19(28-2)20(13-16)29-3/h5-10,13H,4,11-12,14-15H2,1-3H3,(H,24,27). The van der Waals surface area contributed by atoms with Crippen molar-refractivity contribution in [2.45, 2.75) is 19.1 Å². The van der Waals surface area contributed by atoms with Crippen LogP contribution in [0.2, 0.25) is 0 Å². The first kappa shape index (κ1) is 23.5. The van der Waals surface area contributed by atoms with Crippen molar-refractivity contribution < 1.29 is 23.5 Å². The van der Waals surface area contributed by atoms with Crippen LogP contribution in [0.15, 0.2) is 47.0 Å². The number of aromatic nitrogens is 2. The van der Waals surface area contributed by atoms with Crippen molar-refractivity contribution in [3.8, 4) is 28.6 Å². The van der Waals surface area contributed by atoms with Gasteiger partial charge in [-0.3, -0.25) is 4.79 Å². The first-order valence-electron chi connectivity index (χ1n) is 10.2. The van der Waals surface area contributed by atoms with Crippen molar-refractivity contribution in [2.24, 2.45) is 0 Å². The van der Waals surface area contributed by atoms with Crippen molar-refractivity contribution in [2.75, 3.05) is 33.1 Å². The number of carbonyl (C=O) groups excluding carboxylic acids is 1. The number of benzene rings is 2. The van der Waals surface area contributed by atoms with E-state index in [-0.39, 0.29) is 5.91 Å². The summed E-state index contributed by atoms with van der Waals surface area (Å²) >= 11 is 1.42. The Balaban J connectivity index is 1.42. The number of hydrogen-bond acceptors (Lipinski definition) is 8. The molecule has 2 aromatic carbocycles. The maximum atomic E-state index is 12.1. The van der Waals surface area contributed by atoms with Crippen LogP contribution < -0.4 is 19.5 Å². The Morgan fingerprint density at radius 1 is 1.09 bits per heavy atom. The molecular formula is C23H27N3O5S. The summed E-state index contributed by atoms with van der Waals surface area (Å²) in [6.45, 7) is 3.01. The van der Waals surface area contributed by atoms with Crippen LogP contribution in [-0.2, 0) is 17.0 Å². The number of nitrogens with zero attached hydrogens (tertiary/aromatic N) is 2. The van der Waals surface area contributed by atoms with E-state index in [1.54, 1.807) is 14.2 Å². The molecule has 0 fully saturated rings. The first-order chi connectivity index (χ1) is 15.6. The third-order valence-electron chi connectivity index (χ3n) is 4.54. The van der Waals surface area contributed by atoms with Crippen molar-refractivity contribution in [1.29, 1.82) is 0 Å². The monoisotopic (exact) mass is 457 g/mol. The molecule has 170 valence electrons. The van der Waals surface area contributed by atoms with Crippen molar-refractivity contribution in [3.63, 3.8) is 0 Å². The van der Waals surface area contributed by atoms with Crippen LogP contribution in [-0.4, -0.2) is 49.2 Å². The maximum absolute atomic E-state index is 12.1. The van der Waals surface area contributed by atoms with Gasteiger partial charge in [0.1, 0.15) is 5.75 Å². The summed E-state index contributed by atoms with van der Waals surface area (Å²) in [4.78, 5) is 16.6. The molecule has 1 amide bonds. The summed E-state index contributed by atoms with van der Waals surface area (Å²) in [5, 5.41) is 6.96. The van der Waals surface area contributed by atoms with Crippen molar-refractivity contribution >= 4 is 17.7 Å². The van der Waals surface area contributed by atoms with Crippen molar-refractivity contribution in [3.05, 3.63) is 53.9 Å². The van der Waals surface area contributed by atoms with Gasteiger partial charge in [-0.2, -0.15) is 4.98 Å². The third kappa shape index (κ3) is 6.40. The second-order valence-electron chi connectivity index (χ2n) is 6.72. The molecule has 1 heterocycles. The molecule has 0 unspecified atom stereocenters. The third-order valence-corrected chi connectivity index (χ3v) is 5.46. The molecule has 0 aliphatic carbocycles. The number of para-hydroxylation sites is 1. The van der Waals surface area contributed by atoms with Gasteiger partial charge in [0.25, 0.3) is 0 Å². The Hall–Kier alpha value is -3.20. The molecule has 0 aliphatic rings. The van der Waals surface area contributed by atoms with Crippen LogP contribution in [0.1, 0.15) is 18.4 Å². The van der Waals surface area contributed by atoms with E-state index in [0.29, 0.717) is 60.0 Å². The molecule has 0 bridgehead atoms. The van der Waals surface area contributed by atoms with E-state index >= 15 is 0 Å². The number of carbonyl (C=O) groups is 1. The van der Waals surface area contributed by atoms with Crippen LogP contribution in [0.25, 0.3) is 11.4 Å². The molecule has 3 rings (SSSR count). The molecule has 0 spiro atoms. The van der Waals surface area contributed by atoms with Crippen LogP contribution in [0.3, 0.4) is 0 Å². The largest absolute Gasteiger partial charge is 0.493 e. The Bertz CT molecular complexity index is 1020. The summed E-state index contributed by atoms with van der Waals surface area (Å²) < 4.78 is 21.5. The fourth-order valence-electron chi connectivity index (χ4n) is 3.02. The highest BCUT2D eigenvalue weighted by Crippen LogP contribution is 2.28. The SMILES string of the molecule is CCOc1ccccc1-c1noc(CSCC(=O)NCCc2ccc(OC)c(OC)c2)n1. The van der Waals surface area contributed by atoms with Crippen LogP contribution in [0, 0.1) is 0 Å². The van der Waals surface area contributed by atoms with E-state index in [0.717, 1.165) is 11.1 Å². The molecule has 0 saturated heterocycles. The molecule has 32 heavy (non-hydrogen) atoms. The predicted molar refractivity (Wildman–Crippen MR) is 123 cm³/mol. The molecule has 0 radical (unpaired) electrons. The van der Waals surface area contributed by atoms with Crippen molar-refractivity contribution in [1.82, 2.24) is 15.5 Å². The summed E-state index contributed by atoms with van der Waals surface area (Å²) in [7, 11) is 3.20. The molecule has 3 aromatic rings. The molecule has 9 heteroatoms. The number of rotatable bonds is 12. The molecule has 0 atom stereocenters. The number of methoxy groups -OCH3 is 2. The van der Waals surface area contributed by atoms with E-state index in [1.807, 2.05) is 49.4 Å². The lowest BCUT2D eigenvalue weighted by atomic mass is 10.1. The van der Waals surface area contributed by atoms with Crippen LogP contribution in [0.5, 0.6) is 17.2 Å². The van der Waals surface area contributed by atoms with Crippen LogP contribution >= 0.6 is 11.8 Å². The van der Waals surface area contributed by atoms with Gasteiger partial charge in [-0.05, 0) is 43.2 Å². The van der Waals surface area contributed by atoms with E-state index in [4.69, 9.17) is 18.7 Å². The average molecular weight is 458 g/mol. The highest BCUT2D eigenvalue weighted by molar-refractivity contribution is 7.99. The smallest absolute Gasteiger partial charge is 0.236 e. The lowest BCUT2D eigenvalue weighted by Gasteiger charge is -2.10. The molecule has 8 nitrogen and oxygen atoms in total. The van der Waals surface area contributed by atoms with Gasteiger partial charge in [-0.1, -0.05) is 23.4 Å². The second-order valence-corrected chi connectivity index (χ2v) is 7.71. The Morgan fingerprint density at radius 3 is 2.69 bits per heavy atom. The number of ether oxygens (including phenoxy) is 3. The van der Waals surface area contributed by atoms with Gasteiger partial charge in [-0.25, -0.2) is 0 Å². The number of nitrogens with one attached hydrogen (secondary N) is 1. The topological polar surface area (TPSA) is 95.7 Å². The average Bonchev–Trinajstić information content (AvgIpc) is 3.28. The minimum absolute atomic E-state index is 0.0445. The van der Waals surface area contributed by atoms with Gasteiger partial charge in [0.05, 0.1) is 37.9 Å². The van der Waals surface area contributed by atoms with Crippen LogP contribution in [0.4, 0.5) is 0 Å². The minimum Gasteiger partial charge on any atom is -0.493 e. The van der Waals surface area contributed by atoms with E-state index in [1.165, 1.54) is 11.8 Å². The Morgan fingerprint density at radius 2 is 1.91 bits per heavy atom. The van der Waals surface area contributed by atoms with Gasteiger partial charge < -0.3 is 24.1 Å². The zero-order chi connectivity index (χ0) is 22.8. The van der Waals surface area contributed by atoms with E-state index < -0.39 is 0 Å². The highest BCUT2D eigenvalue weighted by atomic mass is 32.2. The molecule has 1 N–H and O–H groups in total. The van der Waals surface area contributed by atoms with Gasteiger partial charge in [0.15, 0.2) is 11.5 Å². The summed E-state index contributed by atoms with van der Waals surface area (Å²) in [5.41, 5.74) is 1.84. The highest BCUT2D eigenvalue weighted by Gasteiger charge is 2.14. The summed E-state index contributed by atoms with van der Waals surface area (Å²) in [6.07, 6.45) is 0.697. The maximum Gasteiger partial charge on any atom is 0.236 e. The molecule has 0 aliphatic heterocycles. The second kappa shape index (κ2) is 12.0. The summed E-state index contributed by atoms with van der Waals surface area (Å²) in [5.74, 6) is 3.72. The lowest BCUT2D eigenvalue weighted by molar-refractivity contribution is -0.118. The van der Waals surface area contributed by atoms with E-state index in [2.05, 4.69) is 15.5 Å². The molecule has 1 aromatic heterocycles. The minimum atomic E-state index is -0.0445. The zero-order valence-corrected chi connectivity index (χ0v) is 19.2. The number of hydrogen-bond donors (Lipinski definition) is 1. The van der Waals surface area contributed by atoms with Gasteiger partial charge in [-0.15, -0.1) is 11.8 Å². The molecular weight excluding hydrogens is 430 g/mol. The first-order valence-corrected chi connectivity index (χ1v) is 11.4. The normalized spacial score (nSPS) is 10.6. The fraction of sp³-hybridized carbons (Fsp3) is 0.348. The predicted octanol–water partition coefficient (Wildman–Crippen LogP) is 3.74. The Labute approximate surface area is 191 Å². The number of amides is 1. The van der Waals surface area contributed by atoms with Gasteiger partial charge in [0, 0.05) is 6.54 Å². The lowest BCUT2D eigenvalue weighted by Crippen LogP contribution is -2.27. The Kier molecular flexibility index (Phi) is 8.79. The van der Waals surface area contributed by atoms with Gasteiger partial charge in [0.2, 0.25) is 17.6 Å². The summed E-state index contributed by atoms with van der Waals surface area (Å²) in [6, 6.07) is 13.3.